The average Bonchev–Trinajstić information content (AvgIpc) is 3.13. The van der Waals surface area contributed by atoms with Crippen LogP contribution in [0.25, 0.3) is 28.2 Å². The van der Waals surface area contributed by atoms with Crippen LogP contribution in [0.1, 0.15) is 25.7 Å². The molecule has 1 N–H and O–H groups in total. The molecule has 0 aliphatic rings. The maximum absolute atomic E-state index is 12.0. The topological polar surface area (TPSA) is 55.1 Å². The van der Waals surface area contributed by atoms with Crippen molar-refractivity contribution in [2.75, 3.05) is 6.54 Å². The van der Waals surface area contributed by atoms with Gasteiger partial charge >= 0.3 is 0 Å². The summed E-state index contributed by atoms with van der Waals surface area (Å²) in [7, 11) is 0. The van der Waals surface area contributed by atoms with Crippen molar-refractivity contribution < 1.29 is 9.21 Å². The maximum Gasteiger partial charge on any atom is 0.224 e. The number of rotatable bonds is 7. The molecular weight excluding hydrogens is 324 g/mol. The summed E-state index contributed by atoms with van der Waals surface area (Å²) in [6.07, 6.45) is 1.07. The van der Waals surface area contributed by atoms with Crippen LogP contribution in [0, 0.1) is 0 Å². The van der Waals surface area contributed by atoms with Crippen molar-refractivity contribution >= 4 is 11.5 Å². The fraction of sp³-hybridized carbons (Fsp3) is 0.182. The minimum absolute atomic E-state index is 0.0717. The molecule has 1 heterocycles. The molecule has 0 saturated heterocycles. The van der Waals surface area contributed by atoms with Gasteiger partial charge in [-0.2, -0.15) is 0 Å². The van der Waals surface area contributed by atoms with Crippen molar-refractivity contribution in [2.45, 2.75) is 19.8 Å². The monoisotopic (exact) mass is 346 g/mol. The highest BCUT2D eigenvalue weighted by Crippen LogP contribution is 2.34. The van der Waals surface area contributed by atoms with Crippen molar-refractivity contribution in [3.8, 4) is 22.6 Å². The third-order valence-corrected chi connectivity index (χ3v) is 3.96. The van der Waals surface area contributed by atoms with Crippen LogP contribution in [0.15, 0.2) is 71.7 Å². The molecule has 132 valence electrons. The number of carbonyl (C=O) groups is 1. The first-order valence-corrected chi connectivity index (χ1v) is 8.75. The molecule has 0 aliphatic heterocycles. The number of amides is 1. The molecule has 26 heavy (non-hydrogen) atoms. The van der Waals surface area contributed by atoms with E-state index in [4.69, 9.17) is 4.42 Å². The van der Waals surface area contributed by atoms with Gasteiger partial charge in [0, 0.05) is 23.2 Å². The van der Waals surface area contributed by atoms with Gasteiger partial charge in [-0.05, 0) is 6.42 Å². The van der Waals surface area contributed by atoms with Crippen LogP contribution in [-0.2, 0) is 4.79 Å². The zero-order valence-corrected chi connectivity index (χ0v) is 14.9. The number of carbonyl (C=O) groups excluding carboxylic acids is 1. The molecule has 0 unspecified atom stereocenters. The van der Waals surface area contributed by atoms with Crippen LogP contribution in [0.4, 0.5) is 0 Å². The van der Waals surface area contributed by atoms with E-state index in [1.807, 2.05) is 67.6 Å². The molecule has 0 aliphatic carbocycles. The Kier molecular flexibility index (Phi) is 5.64. The second-order valence-corrected chi connectivity index (χ2v) is 6.06. The Morgan fingerprint density at radius 3 is 2.27 bits per heavy atom. The van der Waals surface area contributed by atoms with Gasteiger partial charge in [-0.25, -0.2) is 4.98 Å². The van der Waals surface area contributed by atoms with Gasteiger partial charge in [-0.1, -0.05) is 74.2 Å². The van der Waals surface area contributed by atoms with Gasteiger partial charge in [0.1, 0.15) is 5.69 Å². The molecule has 3 aromatic rings. The Bertz CT molecular complexity index is 826. The van der Waals surface area contributed by atoms with E-state index in [1.54, 1.807) is 0 Å². The fourth-order valence-electron chi connectivity index (χ4n) is 2.64. The first kappa shape index (κ1) is 17.7. The van der Waals surface area contributed by atoms with Crippen LogP contribution in [0.5, 0.6) is 0 Å². The molecule has 1 aromatic heterocycles. The first-order chi connectivity index (χ1) is 12.7. The maximum atomic E-state index is 12.0. The van der Waals surface area contributed by atoms with Crippen LogP contribution in [0.2, 0.25) is 0 Å². The molecule has 0 atom stereocenters. The molecular formula is C22H22N2O2. The summed E-state index contributed by atoms with van der Waals surface area (Å²) >= 11 is 0. The lowest BCUT2D eigenvalue weighted by Crippen LogP contribution is -2.23. The van der Waals surface area contributed by atoms with Crippen molar-refractivity contribution in [1.29, 1.82) is 0 Å². The van der Waals surface area contributed by atoms with E-state index in [-0.39, 0.29) is 12.3 Å². The quantitative estimate of drug-likeness (QED) is 0.659. The van der Waals surface area contributed by atoms with E-state index in [9.17, 15) is 4.79 Å². The molecule has 1 amide bonds. The van der Waals surface area contributed by atoms with Gasteiger partial charge in [-0.3, -0.25) is 4.79 Å². The van der Waals surface area contributed by atoms with Crippen LogP contribution >= 0.6 is 0 Å². The molecule has 2 aromatic carbocycles. The molecule has 0 fully saturated rings. The molecule has 0 bridgehead atoms. The summed E-state index contributed by atoms with van der Waals surface area (Å²) in [6.45, 7) is 6.67. The summed E-state index contributed by atoms with van der Waals surface area (Å²) in [5.74, 6) is 1.01. The highest BCUT2D eigenvalue weighted by molar-refractivity contribution is 5.87. The zero-order chi connectivity index (χ0) is 18.4. The SMILES string of the molecule is C=C(CC(=O)NCCC)c1nc(-c2ccccc2)c(-c2ccccc2)o1. The van der Waals surface area contributed by atoms with E-state index in [1.165, 1.54) is 0 Å². The lowest BCUT2D eigenvalue weighted by molar-refractivity contribution is -0.120. The highest BCUT2D eigenvalue weighted by atomic mass is 16.4. The summed E-state index contributed by atoms with van der Waals surface area (Å²) in [4.78, 5) is 16.6. The lowest BCUT2D eigenvalue weighted by atomic mass is 10.1. The normalized spacial score (nSPS) is 10.5. The summed E-state index contributed by atoms with van der Waals surface area (Å²) < 4.78 is 6.03. The van der Waals surface area contributed by atoms with Gasteiger partial charge in [0.2, 0.25) is 11.8 Å². The lowest BCUT2D eigenvalue weighted by Gasteiger charge is -2.03. The van der Waals surface area contributed by atoms with Gasteiger partial charge in [-0.15, -0.1) is 0 Å². The van der Waals surface area contributed by atoms with Crippen molar-refractivity contribution in [1.82, 2.24) is 10.3 Å². The van der Waals surface area contributed by atoms with E-state index >= 15 is 0 Å². The van der Waals surface area contributed by atoms with E-state index in [0.717, 1.165) is 23.2 Å². The Balaban J connectivity index is 1.94. The number of aromatic nitrogens is 1. The van der Waals surface area contributed by atoms with E-state index in [2.05, 4.69) is 16.9 Å². The van der Waals surface area contributed by atoms with Gasteiger partial charge in [0.15, 0.2) is 5.76 Å². The third-order valence-electron chi connectivity index (χ3n) is 3.96. The molecule has 3 rings (SSSR count). The number of nitrogens with zero attached hydrogens (tertiary/aromatic N) is 1. The summed E-state index contributed by atoms with van der Waals surface area (Å²) in [5, 5.41) is 2.85. The standard InChI is InChI=1S/C22H22N2O2/c1-3-14-23-19(25)15-16(2)22-24-20(17-10-6-4-7-11-17)21(26-22)18-12-8-5-9-13-18/h4-13H,2-3,14-15H2,1H3,(H,23,25). The predicted octanol–water partition coefficient (Wildman–Crippen LogP) is 4.94. The van der Waals surface area contributed by atoms with Crippen LogP contribution < -0.4 is 5.32 Å². The number of hydrogen-bond donors (Lipinski definition) is 1. The third kappa shape index (κ3) is 4.09. The second kappa shape index (κ2) is 8.30. The van der Waals surface area contributed by atoms with Gasteiger partial charge < -0.3 is 9.73 Å². The number of oxazole rings is 1. The smallest absolute Gasteiger partial charge is 0.224 e. The molecule has 0 spiro atoms. The average molecular weight is 346 g/mol. The predicted molar refractivity (Wildman–Crippen MR) is 104 cm³/mol. The summed E-state index contributed by atoms with van der Waals surface area (Å²) in [5.41, 5.74) is 3.22. The van der Waals surface area contributed by atoms with Crippen molar-refractivity contribution in [2.24, 2.45) is 0 Å². The van der Waals surface area contributed by atoms with E-state index in [0.29, 0.717) is 23.8 Å². The molecule has 4 heteroatoms. The van der Waals surface area contributed by atoms with Gasteiger partial charge in [0.05, 0.1) is 6.42 Å². The van der Waals surface area contributed by atoms with Crippen molar-refractivity contribution in [3.63, 3.8) is 0 Å². The number of benzene rings is 2. The zero-order valence-electron chi connectivity index (χ0n) is 14.9. The summed E-state index contributed by atoms with van der Waals surface area (Å²) in [6, 6.07) is 19.7. The Labute approximate surface area is 153 Å². The van der Waals surface area contributed by atoms with Crippen LogP contribution in [0.3, 0.4) is 0 Å². The largest absolute Gasteiger partial charge is 0.436 e. The van der Waals surface area contributed by atoms with Crippen molar-refractivity contribution in [3.05, 3.63) is 73.1 Å². The highest BCUT2D eigenvalue weighted by Gasteiger charge is 2.19. The Hall–Kier alpha value is -3.14. The molecule has 0 radical (unpaired) electrons. The number of nitrogens with one attached hydrogen (secondary N) is 1. The minimum Gasteiger partial charge on any atom is -0.436 e. The number of hydrogen-bond acceptors (Lipinski definition) is 3. The first-order valence-electron chi connectivity index (χ1n) is 8.75. The minimum atomic E-state index is -0.0717. The molecule has 4 nitrogen and oxygen atoms in total. The Morgan fingerprint density at radius 1 is 1.04 bits per heavy atom. The van der Waals surface area contributed by atoms with Crippen LogP contribution in [-0.4, -0.2) is 17.4 Å². The second-order valence-electron chi connectivity index (χ2n) is 6.06. The molecule has 0 saturated carbocycles. The van der Waals surface area contributed by atoms with E-state index < -0.39 is 0 Å². The van der Waals surface area contributed by atoms with Gasteiger partial charge in [0.25, 0.3) is 0 Å². The fourth-order valence-corrected chi connectivity index (χ4v) is 2.64. The Morgan fingerprint density at radius 2 is 1.65 bits per heavy atom.